The first-order valence-electron chi connectivity index (χ1n) is 16.4. The van der Waals surface area contributed by atoms with E-state index in [1.165, 1.54) is 20.2 Å². The van der Waals surface area contributed by atoms with Crippen LogP contribution in [-0.4, -0.2) is 69.2 Å². The van der Waals surface area contributed by atoms with Crippen molar-refractivity contribution < 1.29 is 28.7 Å². The van der Waals surface area contributed by atoms with E-state index in [9.17, 15) is 24.0 Å². The van der Waals surface area contributed by atoms with E-state index in [1.54, 1.807) is 49.3 Å². The molecule has 49 heavy (non-hydrogen) atoms. The van der Waals surface area contributed by atoms with Gasteiger partial charge in [0.1, 0.15) is 12.1 Å². The van der Waals surface area contributed by atoms with Crippen LogP contribution >= 0.6 is 0 Å². The van der Waals surface area contributed by atoms with Crippen molar-refractivity contribution in [1.82, 2.24) is 31.0 Å². The van der Waals surface area contributed by atoms with Gasteiger partial charge in [-0.3, -0.25) is 29.4 Å². The predicted octanol–water partition coefficient (Wildman–Crippen LogP) is 2.60. The van der Waals surface area contributed by atoms with Crippen molar-refractivity contribution in [3.05, 3.63) is 90.0 Å². The van der Waals surface area contributed by atoms with E-state index in [0.717, 1.165) is 5.56 Å². The first-order valence-corrected chi connectivity index (χ1v) is 16.4. The fourth-order valence-electron chi connectivity index (χ4n) is 5.59. The summed E-state index contributed by atoms with van der Waals surface area (Å²) in [6, 6.07) is 15.5. The molecule has 0 fully saturated rings. The Balaban J connectivity index is 2.14. The maximum atomic E-state index is 14.6. The summed E-state index contributed by atoms with van der Waals surface area (Å²) in [4.78, 5) is 73.0. The van der Waals surface area contributed by atoms with Gasteiger partial charge in [0.05, 0.1) is 36.9 Å². The lowest BCUT2D eigenvalue weighted by molar-refractivity contribution is -0.157. The van der Waals surface area contributed by atoms with Gasteiger partial charge in [-0.25, -0.2) is 9.99 Å². The van der Waals surface area contributed by atoms with Gasteiger partial charge in [-0.1, -0.05) is 88.4 Å². The number of carbonyl (C=O) groups is 5. The van der Waals surface area contributed by atoms with Crippen molar-refractivity contribution in [3.63, 3.8) is 0 Å². The normalized spacial score (nSPS) is 14.4. The molecule has 6 N–H and O–H groups in total. The van der Waals surface area contributed by atoms with E-state index in [0.29, 0.717) is 11.3 Å². The lowest BCUT2D eigenvalue weighted by Crippen LogP contribution is -2.58. The fourth-order valence-corrected chi connectivity index (χ4v) is 5.59. The van der Waals surface area contributed by atoms with E-state index in [-0.39, 0.29) is 37.3 Å². The zero-order valence-electron chi connectivity index (χ0n) is 29.0. The molecular formula is C36H49N7O6. The number of Topliss-reactive ketones (excluding diaryl/α,β-unsaturated/α-hetero) is 1. The molecule has 0 aliphatic carbocycles. The number of nitrogens with one attached hydrogen (secondary N) is 4. The number of esters is 1. The van der Waals surface area contributed by atoms with Gasteiger partial charge in [-0.2, -0.15) is 0 Å². The minimum absolute atomic E-state index is 0.158. The topological polar surface area (TPSA) is 189 Å². The summed E-state index contributed by atoms with van der Waals surface area (Å²) in [5.74, 6) is -4.11. The van der Waals surface area contributed by atoms with Crippen LogP contribution in [0, 0.1) is 17.8 Å². The molecule has 1 heterocycles. The van der Waals surface area contributed by atoms with Gasteiger partial charge in [0, 0.05) is 32.6 Å². The Morgan fingerprint density at radius 3 is 1.96 bits per heavy atom. The highest BCUT2D eigenvalue weighted by Gasteiger charge is 2.42. The van der Waals surface area contributed by atoms with Crippen LogP contribution in [0.1, 0.15) is 64.4 Å². The third-order valence-corrected chi connectivity index (χ3v) is 7.99. The molecule has 3 amide bonds. The molecule has 0 saturated heterocycles. The molecule has 0 aliphatic rings. The third kappa shape index (κ3) is 11.9. The highest BCUT2D eigenvalue weighted by molar-refractivity contribution is 5.91. The number of hydrogen-bond acceptors (Lipinski definition) is 9. The van der Waals surface area contributed by atoms with Crippen molar-refractivity contribution in [1.29, 1.82) is 0 Å². The Kier molecular flexibility index (Phi) is 14.6. The van der Waals surface area contributed by atoms with Crippen LogP contribution in [0.25, 0.3) is 0 Å². The van der Waals surface area contributed by atoms with Gasteiger partial charge in [0.2, 0.25) is 11.8 Å². The molecule has 0 aliphatic heterocycles. The summed E-state index contributed by atoms with van der Waals surface area (Å²) < 4.78 is 6.14. The zero-order chi connectivity index (χ0) is 36.1. The van der Waals surface area contributed by atoms with Crippen LogP contribution in [0.4, 0.5) is 0 Å². The number of rotatable bonds is 18. The second-order valence-electron chi connectivity index (χ2n) is 12.8. The number of benzene rings is 2. The molecular weight excluding hydrogens is 626 g/mol. The van der Waals surface area contributed by atoms with Crippen LogP contribution in [0.15, 0.2) is 73.2 Å². The maximum absolute atomic E-state index is 14.6. The van der Waals surface area contributed by atoms with E-state index in [1.807, 2.05) is 50.2 Å². The Labute approximate surface area is 287 Å². The van der Waals surface area contributed by atoms with E-state index >= 15 is 0 Å². The molecule has 0 spiro atoms. The number of aromatic nitrogens is 2. The van der Waals surface area contributed by atoms with Crippen molar-refractivity contribution in [2.24, 2.45) is 23.5 Å². The quantitative estimate of drug-likeness (QED) is 0.0997. The van der Waals surface area contributed by atoms with Gasteiger partial charge in [-0.15, -0.1) is 0 Å². The molecule has 13 nitrogen and oxygen atoms in total. The van der Waals surface area contributed by atoms with Crippen LogP contribution in [0.3, 0.4) is 0 Å². The second kappa shape index (κ2) is 18.6. The van der Waals surface area contributed by atoms with Crippen LogP contribution < -0.4 is 21.8 Å². The molecule has 3 rings (SSSR count). The number of aromatic amines is 1. The molecule has 3 aromatic rings. The monoisotopic (exact) mass is 675 g/mol. The standard InChI is InChI=1S/C36H49N7O6/c1-22(2)33(40-24(5)44)35(47)31(32(37)27-15-11-8-12-16-27)29(49-30(46)17-28-18-38-21-39-28)20-43(19-26-13-9-7-10-14-26)42-36(48)34(23(3)4)41-25(6)45/h7-16,18,21-23,29,31-34H,17,19-20,37H2,1-6H3,(H,38,39)(H,40,44)(H,41,45)(H,42,48)/t29-,31-,32?,33+,34+/m1/s1. The summed E-state index contributed by atoms with van der Waals surface area (Å²) in [6.07, 6.45) is 1.60. The molecule has 0 radical (unpaired) electrons. The Bertz CT molecular complexity index is 1520. The number of nitrogens with zero attached hydrogens (tertiary/aromatic N) is 2. The molecule has 1 aromatic heterocycles. The Morgan fingerprint density at radius 1 is 0.857 bits per heavy atom. The number of ketones is 1. The number of hydrazine groups is 1. The van der Waals surface area contributed by atoms with Crippen molar-refractivity contribution in [3.8, 4) is 0 Å². The number of amides is 3. The number of nitrogens with two attached hydrogens (primary N) is 1. The molecule has 2 aromatic carbocycles. The Hall–Kier alpha value is -4.88. The summed E-state index contributed by atoms with van der Waals surface area (Å²) in [5, 5.41) is 7.01. The van der Waals surface area contributed by atoms with Crippen LogP contribution in [0.5, 0.6) is 0 Å². The summed E-state index contributed by atoms with van der Waals surface area (Å²) in [6.45, 7) is 9.88. The lowest BCUT2D eigenvalue weighted by atomic mass is 9.80. The minimum Gasteiger partial charge on any atom is -0.460 e. The van der Waals surface area contributed by atoms with Gasteiger partial charge in [0.25, 0.3) is 5.91 Å². The number of H-pyrrole nitrogens is 1. The smallest absolute Gasteiger partial charge is 0.312 e. The average Bonchev–Trinajstić information content (AvgIpc) is 3.55. The third-order valence-electron chi connectivity index (χ3n) is 7.99. The van der Waals surface area contributed by atoms with Crippen molar-refractivity contribution in [2.75, 3.05) is 6.54 Å². The zero-order valence-corrected chi connectivity index (χ0v) is 29.0. The highest BCUT2D eigenvalue weighted by Crippen LogP contribution is 2.29. The number of ether oxygens (including phenoxy) is 1. The van der Waals surface area contributed by atoms with E-state index in [2.05, 4.69) is 26.0 Å². The van der Waals surface area contributed by atoms with Gasteiger partial charge in [-0.05, 0) is 23.0 Å². The molecule has 5 atom stereocenters. The van der Waals surface area contributed by atoms with E-state index in [4.69, 9.17) is 10.5 Å². The summed E-state index contributed by atoms with van der Waals surface area (Å²) in [5.41, 5.74) is 11.7. The molecule has 13 heteroatoms. The summed E-state index contributed by atoms with van der Waals surface area (Å²) in [7, 11) is 0. The molecule has 0 saturated carbocycles. The van der Waals surface area contributed by atoms with Crippen LogP contribution in [-0.2, 0) is 41.7 Å². The first kappa shape index (κ1) is 38.6. The summed E-state index contributed by atoms with van der Waals surface area (Å²) >= 11 is 0. The molecule has 0 bridgehead atoms. The predicted molar refractivity (Wildman–Crippen MR) is 184 cm³/mol. The van der Waals surface area contributed by atoms with Crippen molar-refractivity contribution in [2.45, 2.75) is 78.7 Å². The van der Waals surface area contributed by atoms with Crippen molar-refractivity contribution >= 4 is 29.5 Å². The highest BCUT2D eigenvalue weighted by atomic mass is 16.5. The molecule has 1 unspecified atom stereocenters. The SMILES string of the molecule is CC(=O)N[C@H](C(=O)NN(Cc1ccccc1)C[C@@H](OC(=O)Cc1c[nH]cn1)[C@@H](C(=O)[C@@H](NC(C)=O)C(C)C)C(N)c1ccccc1)C(C)C. The minimum atomic E-state index is -1.22. The van der Waals surface area contributed by atoms with Gasteiger partial charge >= 0.3 is 5.97 Å². The second-order valence-corrected chi connectivity index (χ2v) is 12.8. The first-order chi connectivity index (χ1) is 23.3. The maximum Gasteiger partial charge on any atom is 0.312 e. The molecule has 264 valence electrons. The van der Waals surface area contributed by atoms with E-state index < -0.39 is 53.7 Å². The number of carbonyl (C=O) groups excluding carboxylic acids is 5. The van der Waals surface area contributed by atoms with Gasteiger partial charge < -0.3 is 26.1 Å². The lowest BCUT2D eigenvalue weighted by Gasteiger charge is -2.37. The number of imidazole rings is 1. The van der Waals surface area contributed by atoms with Gasteiger partial charge in [0.15, 0.2) is 5.78 Å². The number of hydrogen-bond donors (Lipinski definition) is 5. The fraction of sp³-hybridized carbons (Fsp3) is 0.444. The largest absolute Gasteiger partial charge is 0.460 e. The van der Waals surface area contributed by atoms with Crippen LogP contribution in [0.2, 0.25) is 0 Å². The average molecular weight is 676 g/mol. The Morgan fingerprint density at radius 2 is 1.43 bits per heavy atom.